The van der Waals surface area contributed by atoms with Gasteiger partial charge in [-0.3, -0.25) is 4.79 Å². The van der Waals surface area contributed by atoms with E-state index in [2.05, 4.69) is 10.3 Å². The first-order valence-corrected chi connectivity index (χ1v) is 10.7. The molecule has 30 heavy (non-hydrogen) atoms. The highest BCUT2D eigenvalue weighted by atomic mass is 35.5. The number of nitrogens with zero attached hydrogens (tertiary/aromatic N) is 2. The zero-order chi connectivity index (χ0) is 21.7. The highest BCUT2D eigenvalue weighted by Crippen LogP contribution is 2.27. The number of aliphatic hydroxyl groups excluding tert-OH is 1. The second kappa shape index (κ2) is 10.4. The summed E-state index contributed by atoms with van der Waals surface area (Å²) in [5.41, 5.74) is 2.61. The van der Waals surface area contributed by atoms with Crippen LogP contribution in [0.2, 0.25) is 5.15 Å². The van der Waals surface area contributed by atoms with Crippen molar-refractivity contribution in [2.45, 2.75) is 50.5 Å². The summed E-state index contributed by atoms with van der Waals surface area (Å²) >= 11 is 5.83. The third-order valence-corrected chi connectivity index (χ3v) is 5.94. The van der Waals surface area contributed by atoms with Crippen LogP contribution in [0.25, 0.3) is 0 Å². The fraction of sp³-hybridized carbons (Fsp3) is 0.478. The summed E-state index contributed by atoms with van der Waals surface area (Å²) in [5, 5.41) is 14.6. The summed E-state index contributed by atoms with van der Waals surface area (Å²) < 4.78 is 5.23. The number of ether oxygens (including phenoxy) is 1. The van der Waals surface area contributed by atoms with Gasteiger partial charge in [0.1, 0.15) is 5.15 Å². The number of hydrogen-bond donors (Lipinski definition) is 2. The van der Waals surface area contributed by atoms with Gasteiger partial charge in [-0.15, -0.1) is 0 Å². The minimum atomic E-state index is -0.607. The number of likely N-dealkylation sites (N-methyl/N-ethyl adjacent to an activating group) is 1. The van der Waals surface area contributed by atoms with Crippen LogP contribution in [-0.4, -0.2) is 59.8 Å². The van der Waals surface area contributed by atoms with Gasteiger partial charge in [0.25, 0.3) is 5.91 Å². The summed E-state index contributed by atoms with van der Waals surface area (Å²) in [6.07, 6.45) is 3.76. The van der Waals surface area contributed by atoms with Gasteiger partial charge in [0.05, 0.1) is 12.2 Å². The number of methoxy groups -OCH3 is 1. The Balaban J connectivity index is 1.53. The molecule has 0 aliphatic carbocycles. The Morgan fingerprint density at radius 3 is 2.67 bits per heavy atom. The van der Waals surface area contributed by atoms with Crippen LogP contribution in [0.5, 0.6) is 0 Å². The minimum Gasteiger partial charge on any atom is -0.387 e. The fourth-order valence-corrected chi connectivity index (χ4v) is 4.00. The molecule has 0 saturated carbocycles. The lowest BCUT2D eigenvalue weighted by Crippen LogP contribution is -2.35. The maximum Gasteiger partial charge on any atom is 0.253 e. The molecular weight excluding hydrogens is 402 g/mol. The quantitative estimate of drug-likeness (QED) is 0.627. The van der Waals surface area contributed by atoms with Crippen molar-refractivity contribution >= 4 is 17.5 Å². The number of halogens is 1. The van der Waals surface area contributed by atoms with Crippen molar-refractivity contribution < 1.29 is 14.6 Å². The van der Waals surface area contributed by atoms with Gasteiger partial charge in [-0.25, -0.2) is 4.98 Å². The molecule has 162 valence electrons. The van der Waals surface area contributed by atoms with Crippen LogP contribution < -0.4 is 5.32 Å². The first-order chi connectivity index (χ1) is 14.4. The van der Waals surface area contributed by atoms with E-state index in [1.807, 2.05) is 37.3 Å². The predicted molar refractivity (Wildman–Crippen MR) is 118 cm³/mol. The van der Waals surface area contributed by atoms with Crippen molar-refractivity contribution in [1.82, 2.24) is 15.2 Å². The van der Waals surface area contributed by atoms with Crippen LogP contribution in [0.3, 0.4) is 0 Å². The van der Waals surface area contributed by atoms with Crippen LogP contribution >= 0.6 is 11.6 Å². The molecule has 0 bridgehead atoms. The Hall–Kier alpha value is -1.99. The van der Waals surface area contributed by atoms with E-state index >= 15 is 0 Å². The van der Waals surface area contributed by atoms with E-state index < -0.39 is 6.10 Å². The summed E-state index contributed by atoms with van der Waals surface area (Å²) in [7, 11) is 3.43. The predicted octanol–water partition coefficient (Wildman–Crippen LogP) is 3.24. The van der Waals surface area contributed by atoms with Crippen LogP contribution in [0, 0.1) is 0 Å². The van der Waals surface area contributed by atoms with Gasteiger partial charge >= 0.3 is 0 Å². The zero-order valence-corrected chi connectivity index (χ0v) is 18.5. The summed E-state index contributed by atoms with van der Waals surface area (Å²) in [6.45, 7) is 2.49. The number of aromatic nitrogens is 1. The average molecular weight is 432 g/mol. The van der Waals surface area contributed by atoms with Crippen molar-refractivity contribution in [3.63, 3.8) is 0 Å². The number of pyridine rings is 1. The van der Waals surface area contributed by atoms with Crippen molar-refractivity contribution in [3.05, 3.63) is 64.4 Å². The van der Waals surface area contributed by atoms with E-state index in [1.54, 1.807) is 31.3 Å². The molecule has 1 saturated heterocycles. The van der Waals surface area contributed by atoms with Crippen molar-refractivity contribution in [2.24, 2.45) is 0 Å². The van der Waals surface area contributed by atoms with E-state index in [1.165, 1.54) is 5.56 Å². The molecule has 1 aliphatic heterocycles. The topological polar surface area (TPSA) is 74.7 Å². The SMILES string of the molecule is COC(C)CN(C)C(=O)c1ccc(C[C@@H]2CC[C@H](C(O)c3ccc(Cl)nc3)N2)cc1. The Labute approximate surface area is 183 Å². The van der Waals surface area contributed by atoms with Gasteiger partial charge in [0.15, 0.2) is 0 Å². The molecule has 1 aromatic heterocycles. The average Bonchev–Trinajstić information content (AvgIpc) is 3.22. The molecule has 2 unspecified atom stereocenters. The molecular formula is C23H30ClN3O3. The molecule has 1 amide bonds. The summed E-state index contributed by atoms with van der Waals surface area (Å²) in [5.74, 6) is -0.01000. The molecule has 7 heteroatoms. The van der Waals surface area contributed by atoms with E-state index in [0.717, 1.165) is 24.8 Å². The number of hydrogen-bond acceptors (Lipinski definition) is 5. The second-order valence-corrected chi connectivity index (χ2v) is 8.43. The van der Waals surface area contributed by atoms with Gasteiger partial charge in [0.2, 0.25) is 0 Å². The molecule has 4 atom stereocenters. The van der Waals surface area contributed by atoms with Gasteiger partial charge in [-0.05, 0) is 49.9 Å². The number of carbonyl (C=O) groups excluding carboxylic acids is 1. The largest absolute Gasteiger partial charge is 0.387 e. The first-order valence-electron chi connectivity index (χ1n) is 10.3. The van der Waals surface area contributed by atoms with Crippen LogP contribution in [-0.2, 0) is 11.2 Å². The molecule has 1 fully saturated rings. The fourth-order valence-electron chi connectivity index (χ4n) is 3.89. The van der Waals surface area contributed by atoms with Crippen LogP contribution in [0.1, 0.15) is 47.4 Å². The molecule has 2 heterocycles. The molecule has 1 aliphatic rings. The molecule has 0 spiro atoms. The molecule has 2 N–H and O–H groups in total. The smallest absolute Gasteiger partial charge is 0.253 e. The van der Waals surface area contributed by atoms with Crippen molar-refractivity contribution in [1.29, 1.82) is 0 Å². The maximum absolute atomic E-state index is 12.5. The Morgan fingerprint density at radius 2 is 2.03 bits per heavy atom. The van der Waals surface area contributed by atoms with Gasteiger partial charge in [0, 0.05) is 50.1 Å². The van der Waals surface area contributed by atoms with Crippen molar-refractivity contribution in [2.75, 3.05) is 20.7 Å². The lowest BCUT2D eigenvalue weighted by Gasteiger charge is -2.21. The molecule has 1 aromatic carbocycles. The van der Waals surface area contributed by atoms with E-state index in [-0.39, 0.29) is 24.1 Å². The monoisotopic (exact) mass is 431 g/mol. The number of nitrogens with one attached hydrogen (secondary N) is 1. The third kappa shape index (κ3) is 5.79. The number of carbonyl (C=O) groups is 1. The molecule has 3 rings (SSSR count). The number of amides is 1. The van der Waals surface area contributed by atoms with Gasteiger partial charge < -0.3 is 20.1 Å². The lowest BCUT2D eigenvalue weighted by molar-refractivity contribution is 0.0600. The minimum absolute atomic E-state index is 0.00128. The van der Waals surface area contributed by atoms with E-state index in [9.17, 15) is 9.90 Å². The van der Waals surface area contributed by atoms with Gasteiger partial charge in [-0.2, -0.15) is 0 Å². The van der Waals surface area contributed by atoms with Crippen LogP contribution in [0.15, 0.2) is 42.6 Å². The number of benzene rings is 1. The highest BCUT2D eigenvalue weighted by Gasteiger charge is 2.30. The van der Waals surface area contributed by atoms with E-state index in [0.29, 0.717) is 17.3 Å². The third-order valence-electron chi connectivity index (χ3n) is 5.71. The lowest BCUT2D eigenvalue weighted by atomic mass is 10.0. The molecule has 0 radical (unpaired) electrons. The normalized spacial score (nSPS) is 20.7. The molecule has 6 nitrogen and oxygen atoms in total. The number of rotatable bonds is 8. The summed E-state index contributed by atoms with van der Waals surface area (Å²) in [4.78, 5) is 18.3. The second-order valence-electron chi connectivity index (χ2n) is 8.04. The van der Waals surface area contributed by atoms with E-state index in [4.69, 9.17) is 16.3 Å². The standard InChI is InChI=1S/C23H30ClN3O3/c1-15(30-3)14-27(2)23(29)17-6-4-16(5-7-17)12-19-9-10-20(26-19)22(28)18-8-11-21(24)25-13-18/h4-8,11,13,15,19-20,22,26,28H,9-10,12,14H2,1-3H3/t15?,19-,20+,22?/m0/s1. The Bertz CT molecular complexity index is 829. The van der Waals surface area contributed by atoms with Gasteiger partial charge in [-0.1, -0.05) is 29.8 Å². The first kappa shape index (κ1) is 22.7. The Morgan fingerprint density at radius 1 is 1.30 bits per heavy atom. The molecule has 2 aromatic rings. The summed E-state index contributed by atoms with van der Waals surface area (Å²) in [6, 6.07) is 11.6. The number of aliphatic hydroxyl groups is 1. The van der Waals surface area contributed by atoms with Crippen LogP contribution in [0.4, 0.5) is 0 Å². The highest BCUT2D eigenvalue weighted by molar-refractivity contribution is 6.29. The maximum atomic E-state index is 12.5. The Kier molecular flexibility index (Phi) is 7.83. The zero-order valence-electron chi connectivity index (χ0n) is 17.7. The van der Waals surface area contributed by atoms with Crippen molar-refractivity contribution in [3.8, 4) is 0 Å².